The third kappa shape index (κ3) is 4.19. The Morgan fingerprint density at radius 3 is 2.72 bits per heavy atom. The Morgan fingerprint density at radius 2 is 2.06 bits per heavy atom. The highest BCUT2D eigenvalue weighted by molar-refractivity contribution is 7.89. The molecule has 3 N–H and O–H groups in total. The lowest BCUT2D eigenvalue weighted by atomic mass is 10.3. The van der Waals surface area contributed by atoms with Crippen LogP contribution >= 0.6 is 0 Å². The van der Waals surface area contributed by atoms with E-state index in [-0.39, 0.29) is 12.4 Å². The summed E-state index contributed by atoms with van der Waals surface area (Å²) >= 11 is 0. The number of para-hydroxylation sites is 2. The average Bonchev–Trinajstić information content (AvgIpc) is 3.13. The first-order valence-electron chi connectivity index (χ1n) is 6.01. The van der Waals surface area contributed by atoms with Gasteiger partial charge in [0, 0.05) is 6.54 Å². The second kappa shape index (κ2) is 5.58. The minimum atomic E-state index is -3.24. The SMILES string of the molecule is Nc1ccccc1OCCS(=O)(=O)NCC1CC1. The summed E-state index contributed by atoms with van der Waals surface area (Å²) < 4.78 is 31.2. The Bertz CT molecular complexity index is 498. The Balaban J connectivity index is 1.75. The normalized spacial score (nSPS) is 15.6. The standard InChI is InChI=1S/C12H18N2O3S/c13-11-3-1-2-4-12(11)17-7-8-18(15,16)14-9-10-5-6-10/h1-4,10,14H,5-9,13H2. The van der Waals surface area contributed by atoms with Gasteiger partial charge in [-0.3, -0.25) is 0 Å². The molecule has 0 aromatic heterocycles. The fourth-order valence-electron chi connectivity index (χ4n) is 1.51. The van der Waals surface area contributed by atoms with Crippen molar-refractivity contribution in [3.63, 3.8) is 0 Å². The molecule has 18 heavy (non-hydrogen) atoms. The van der Waals surface area contributed by atoms with Crippen LogP contribution in [0.4, 0.5) is 5.69 Å². The van der Waals surface area contributed by atoms with Crippen LogP contribution in [0.2, 0.25) is 0 Å². The molecule has 0 aliphatic heterocycles. The molecule has 0 unspecified atom stereocenters. The van der Waals surface area contributed by atoms with Gasteiger partial charge in [0.1, 0.15) is 12.4 Å². The van der Waals surface area contributed by atoms with Crippen LogP contribution in [0.1, 0.15) is 12.8 Å². The predicted octanol–water partition coefficient (Wildman–Crippen LogP) is 0.977. The smallest absolute Gasteiger partial charge is 0.214 e. The van der Waals surface area contributed by atoms with Crippen molar-refractivity contribution in [2.75, 3.05) is 24.6 Å². The van der Waals surface area contributed by atoms with Crippen LogP contribution in [0.3, 0.4) is 0 Å². The van der Waals surface area contributed by atoms with Gasteiger partial charge < -0.3 is 10.5 Å². The summed E-state index contributed by atoms with van der Waals surface area (Å²) in [6, 6.07) is 7.04. The van der Waals surface area contributed by atoms with Gasteiger partial charge in [0.05, 0.1) is 11.4 Å². The summed E-state index contributed by atoms with van der Waals surface area (Å²) in [6.07, 6.45) is 2.25. The van der Waals surface area contributed by atoms with Gasteiger partial charge in [-0.2, -0.15) is 0 Å². The molecule has 0 amide bonds. The Morgan fingerprint density at radius 1 is 1.33 bits per heavy atom. The van der Waals surface area contributed by atoms with Crippen molar-refractivity contribution in [2.24, 2.45) is 5.92 Å². The minimum absolute atomic E-state index is 0.0476. The lowest BCUT2D eigenvalue weighted by Gasteiger charge is -2.09. The number of benzene rings is 1. The minimum Gasteiger partial charge on any atom is -0.490 e. The second-order valence-corrected chi connectivity index (χ2v) is 6.42. The average molecular weight is 270 g/mol. The van der Waals surface area contributed by atoms with Gasteiger partial charge in [-0.1, -0.05) is 12.1 Å². The van der Waals surface area contributed by atoms with E-state index < -0.39 is 10.0 Å². The van der Waals surface area contributed by atoms with Gasteiger partial charge in [-0.15, -0.1) is 0 Å². The number of nitrogens with two attached hydrogens (primary N) is 1. The quantitative estimate of drug-likeness (QED) is 0.724. The molecule has 1 aromatic carbocycles. The Labute approximate surface area is 107 Å². The topological polar surface area (TPSA) is 81.4 Å². The summed E-state index contributed by atoms with van der Waals surface area (Å²) in [5, 5.41) is 0. The van der Waals surface area contributed by atoms with Gasteiger partial charge in [0.25, 0.3) is 0 Å². The number of nitrogen functional groups attached to an aromatic ring is 1. The fraction of sp³-hybridized carbons (Fsp3) is 0.500. The van der Waals surface area contributed by atoms with Crippen molar-refractivity contribution in [1.29, 1.82) is 0 Å². The molecule has 1 aliphatic carbocycles. The van der Waals surface area contributed by atoms with E-state index >= 15 is 0 Å². The molecule has 0 atom stereocenters. The van der Waals surface area contributed by atoms with Crippen LogP contribution in [0.25, 0.3) is 0 Å². The van der Waals surface area contributed by atoms with Gasteiger partial charge in [-0.05, 0) is 30.9 Å². The van der Waals surface area contributed by atoms with E-state index in [1.807, 2.05) is 0 Å². The number of ether oxygens (including phenoxy) is 1. The molecular weight excluding hydrogens is 252 g/mol. The van der Waals surface area contributed by atoms with E-state index in [0.29, 0.717) is 23.9 Å². The molecule has 6 heteroatoms. The third-order valence-electron chi connectivity index (χ3n) is 2.82. The molecule has 0 bridgehead atoms. The van der Waals surface area contributed by atoms with Crippen LogP contribution < -0.4 is 15.2 Å². The van der Waals surface area contributed by atoms with Crippen LogP contribution in [-0.2, 0) is 10.0 Å². The zero-order valence-corrected chi connectivity index (χ0v) is 10.9. The molecule has 0 radical (unpaired) electrons. The molecule has 1 fully saturated rings. The molecule has 5 nitrogen and oxygen atoms in total. The van der Waals surface area contributed by atoms with Gasteiger partial charge in [0.15, 0.2) is 0 Å². The molecule has 1 aromatic rings. The van der Waals surface area contributed by atoms with E-state index in [1.165, 1.54) is 0 Å². The van der Waals surface area contributed by atoms with Crippen molar-refractivity contribution >= 4 is 15.7 Å². The largest absolute Gasteiger partial charge is 0.490 e. The van der Waals surface area contributed by atoms with Crippen molar-refractivity contribution in [1.82, 2.24) is 4.72 Å². The van der Waals surface area contributed by atoms with E-state index in [9.17, 15) is 8.42 Å². The first-order chi connectivity index (χ1) is 8.57. The van der Waals surface area contributed by atoms with Crippen LogP contribution in [0.5, 0.6) is 5.75 Å². The molecule has 2 rings (SSSR count). The zero-order chi connectivity index (χ0) is 13.0. The number of nitrogens with one attached hydrogen (secondary N) is 1. The van der Waals surface area contributed by atoms with E-state index in [2.05, 4.69) is 4.72 Å². The van der Waals surface area contributed by atoms with E-state index in [0.717, 1.165) is 12.8 Å². The van der Waals surface area contributed by atoms with Crippen LogP contribution in [-0.4, -0.2) is 27.3 Å². The molecule has 0 spiro atoms. The monoisotopic (exact) mass is 270 g/mol. The highest BCUT2D eigenvalue weighted by Crippen LogP contribution is 2.27. The molecule has 0 heterocycles. The third-order valence-corrected chi connectivity index (χ3v) is 4.13. The van der Waals surface area contributed by atoms with Crippen molar-refractivity contribution in [3.05, 3.63) is 24.3 Å². The first-order valence-corrected chi connectivity index (χ1v) is 7.67. The van der Waals surface area contributed by atoms with E-state index in [1.54, 1.807) is 24.3 Å². The number of rotatable bonds is 7. The first kappa shape index (κ1) is 13.2. The van der Waals surface area contributed by atoms with Gasteiger partial charge in [-0.25, -0.2) is 13.1 Å². The lowest BCUT2D eigenvalue weighted by molar-refractivity contribution is 0.342. The second-order valence-electron chi connectivity index (χ2n) is 4.50. The Hall–Kier alpha value is -1.27. The lowest BCUT2D eigenvalue weighted by Crippen LogP contribution is -2.30. The summed E-state index contributed by atoms with van der Waals surface area (Å²) in [5.41, 5.74) is 6.20. The maximum absolute atomic E-state index is 11.6. The van der Waals surface area contributed by atoms with Crippen LogP contribution in [0, 0.1) is 5.92 Å². The zero-order valence-electron chi connectivity index (χ0n) is 10.1. The van der Waals surface area contributed by atoms with E-state index in [4.69, 9.17) is 10.5 Å². The Kier molecular flexibility index (Phi) is 4.08. The molecule has 0 saturated heterocycles. The number of anilines is 1. The van der Waals surface area contributed by atoms with Crippen molar-refractivity contribution in [3.8, 4) is 5.75 Å². The molecule has 1 saturated carbocycles. The summed E-state index contributed by atoms with van der Waals surface area (Å²) in [5.74, 6) is 1.01. The highest BCUT2D eigenvalue weighted by Gasteiger charge is 2.23. The molecular formula is C12H18N2O3S. The predicted molar refractivity (Wildman–Crippen MR) is 70.9 cm³/mol. The summed E-state index contributed by atoms with van der Waals surface area (Å²) in [4.78, 5) is 0. The van der Waals surface area contributed by atoms with Gasteiger partial charge >= 0.3 is 0 Å². The summed E-state index contributed by atoms with van der Waals surface area (Å²) in [7, 11) is -3.24. The number of sulfonamides is 1. The maximum atomic E-state index is 11.6. The van der Waals surface area contributed by atoms with Gasteiger partial charge in [0.2, 0.25) is 10.0 Å². The highest BCUT2D eigenvalue weighted by atomic mass is 32.2. The molecule has 100 valence electrons. The maximum Gasteiger partial charge on any atom is 0.214 e. The fourth-order valence-corrected chi connectivity index (χ4v) is 2.45. The van der Waals surface area contributed by atoms with Crippen molar-refractivity contribution in [2.45, 2.75) is 12.8 Å². The number of hydrogen-bond acceptors (Lipinski definition) is 4. The molecule has 1 aliphatic rings. The summed E-state index contributed by atoms with van der Waals surface area (Å²) in [6.45, 7) is 0.657. The van der Waals surface area contributed by atoms with Crippen LogP contribution in [0.15, 0.2) is 24.3 Å². The van der Waals surface area contributed by atoms with Crippen molar-refractivity contribution < 1.29 is 13.2 Å². The number of hydrogen-bond donors (Lipinski definition) is 2.